The molecule has 1 amide bonds. The molecule has 108 valence electrons. The number of thiazole rings is 1. The number of aliphatic hydroxyl groups is 1. The Morgan fingerprint density at radius 2 is 2.24 bits per heavy atom. The minimum Gasteiger partial charge on any atom is -0.395 e. The summed E-state index contributed by atoms with van der Waals surface area (Å²) in [5, 5.41) is 11.9. The van der Waals surface area contributed by atoms with Crippen molar-refractivity contribution in [3.8, 4) is 11.8 Å². The molecule has 2 N–H and O–H groups in total. The van der Waals surface area contributed by atoms with Gasteiger partial charge in [-0.15, -0.1) is 0 Å². The normalized spacial score (nSPS) is 9.86. The Kier molecular flexibility index (Phi) is 5.04. The van der Waals surface area contributed by atoms with E-state index in [1.165, 1.54) is 11.3 Å². The fraction of sp³-hybridized carbons (Fsp3) is 0.267. The molecule has 0 aromatic carbocycles. The zero-order valence-electron chi connectivity index (χ0n) is 11.8. The highest BCUT2D eigenvalue weighted by molar-refractivity contribution is 7.16. The predicted molar refractivity (Wildman–Crippen MR) is 82.4 cm³/mol. The topological polar surface area (TPSA) is 75.1 Å². The number of nitrogens with zero attached hydrogens (tertiary/aromatic N) is 2. The molecule has 0 spiro atoms. The minimum absolute atomic E-state index is 0.0368. The van der Waals surface area contributed by atoms with Crippen molar-refractivity contribution in [1.29, 1.82) is 0 Å². The summed E-state index contributed by atoms with van der Waals surface area (Å²) in [6.07, 6.45) is 2.03. The molecule has 0 aliphatic heterocycles. The second-order valence-electron chi connectivity index (χ2n) is 4.34. The number of amides is 1. The van der Waals surface area contributed by atoms with Gasteiger partial charge in [0.2, 0.25) is 0 Å². The number of nitrogens with one attached hydrogen (secondary N) is 1. The van der Waals surface area contributed by atoms with Crippen molar-refractivity contribution in [2.45, 2.75) is 20.3 Å². The molecule has 0 aliphatic carbocycles. The van der Waals surface area contributed by atoms with Crippen molar-refractivity contribution in [3.05, 3.63) is 40.2 Å². The van der Waals surface area contributed by atoms with Gasteiger partial charge in [0.15, 0.2) is 5.13 Å². The zero-order chi connectivity index (χ0) is 15.2. The Morgan fingerprint density at radius 3 is 2.95 bits per heavy atom. The highest BCUT2D eigenvalue weighted by atomic mass is 32.1. The Morgan fingerprint density at radius 1 is 1.43 bits per heavy atom. The lowest BCUT2D eigenvalue weighted by atomic mass is 10.2. The second kappa shape index (κ2) is 6.97. The smallest absolute Gasteiger partial charge is 0.259 e. The van der Waals surface area contributed by atoms with Crippen LogP contribution in [-0.2, 0) is 0 Å². The Bertz CT molecular complexity index is 713. The third kappa shape index (κ3) is 4.12. The van der Waals surface area contributed by atoms with Gasteiger partial charge in [0.05, 0.1) is 28.9 Å². The van der Waals surface area contributed by atoms with Crippen LogP contribution >= 0.6 is 11.3 Å². The van der Waals surface area contributed by atoms with E-state index in [4.69, 9.17) is 5.11 Å². The largest absolute Gasteiger partial charge is 0.395 e. The van der Waals surface area contributed by atoms with Gasteiger partial charge in [-0.1, -0.05) is 23.2 Å². The van der Waals surface area contributed by atoms with Crippen molar-refractivity contribution in [1.82, 2.24) is 9.97 Å². The molecule has 2 rings (SSSR count). The van der Waals surface area contributed by atoms with Gasteiger partial charge in [-0.25, -0.2) is 4.98 Å². The molecule has 0 aliphatic rings. The number of rotatable bonds is 3. The van der Waals surface area contributed by atoms with Crippen LogP contribution in [0.5, 0.6) is 0 Å². The zero-order valence-corrected chi connectivity index (χ0v) is 12.6. The fourth-order valence-electron chi connectivity index (χ4n) is 1.69. The van der Waals surface area contributed by atoms with E-state index in [2.05, 4.69) is 27.1 Å². The Labute approximate surface area is 127 Å². The number of anilines is 1. The molecule has 5 nitrogen and oxygen atoms in total. The molecular formula is C15H15N3O2S. The van der Waals surface area contributed by atoms with Crippen LogP contribution in [0.1, 0.15) is 33.0 Å². The van der Waals surface area contributed by atoms with Crippen LogP contribution in [0.25, 0.3) is 0 Å². The summed E-state index contributed by atoms with van der Waals surface area (Å²) >= 11 is 1.30. The maximum absolute atomic E-state index is 12.2. The summed E-state index contributed by atoms with van der Waals surface area (Å²) in [5.41, 5.74) is 2.09. The number of hydrogen-bond donors (Lipinski definition) is 2. The first kappa shape index (κ1) is 15.2. The second-order valence-corrected chi connectivity index (χ2v) is 5.38. The van der Waals surface area contributed by atoms with Gasteiger partial charge in [-0.3, -0.25) is 15.1 Å². The lowest BCUT2D eigenvalue weighted by molar-refractivity contribution is 0.102. The number of pyridine rings is 1. The quantitative estimate of drug-likeness (QED) is 0.852. The molecule has 2 aromatic heterocycles. The van der Waals surface area contributed by atoms with Gasteiger partial charge in [-0.05, 0) is 26.0 Å². The standard InChI is InChI=1S/C15H15N3O2S/c1-10-6-7-13(11(2)17-10)14(20)18-15-16-9-12(21-15)5-3-4-8-19/h6-7,9,19H,4,8H2,1-2H3,(H,16,18,20). The SMILES string of the molecule is Cc1ccc(C(=O)Nc2ncc(C#CCCO)s2)c(C)n1. The fourth-order valence-corrected chi connectivity index (χ4v) is 2.37. The molecule has 0 atom stereocenters. The van der Waals surface area contributed by atoms with Gasteiger partial charge in [-0.2, -0.15) is 0 Å². The molecule has 0 saturated carbocycles. The predicted octanol–water partition coefficient (Wildman–Crippen LogP) is 2.14. The van der Waals surface area contributed by atoms with Gasteiger partial charge < -0.3 is 5.11 Å². The maximum Gasteiger partial charge on any atom is 0.259 e. The van der Waals surface area contributed by atoms with Crippen LogP contribution in [0.15, 0.2) is 18.3 Å². The molecular weight excluding hydrogens is 286 g/mol. The summed E-state index contributed by atoms with van der Waals surface area (Å²) in [6.45, 7) is 3.72. The van der Waals surface area contributed by atoms with Crippen LogP contribution in [0.4, 0.5) is 5.13 Å². The van der Waals surface area contributed by atoms with Crippen LogP contribution in [0.3, 0.4) is 0 Å². The van der Waals surface area contributed by atoms with E-state index in [0.29, 0.717) is 22.8 Å². The van der Waals surface area contributed by atoms with Gasteiger partial charge in [0.1, 0.15) is 0 Å². The Hall–Kier alpha value is -2.23. The van der Waals surface area contributed by atoms with Gasteiger partial charge in [0, 0.05) is 12.1 Å². The number of carbonyl (C=O) groups is 1. The summed E-state index contributed by atoms with van der Waals surface area (Å²) in [5.74, 6) is 5.46. The first-order valence-corrected chi connectivity index (χ1v) is 7.23. The molecule has 0 fully saturated rings. The molecule has 6 heteroatoms. The monoisotopic (exact) mass is 301 g/mol. The average Bonchev–Trinajstić information content (AvgIpc) is 2.86. The lowest BCUT2D eigenvalue weighted by Crippen LogP contribution is -2.14. The third-order valence-electron chi connectivity index (χ3n) is 2.64. The summed E-state index contributed by atoms with van der Waals surface area (Å²) in [4.78, 5) is 21.3. The van der Waals surface area contributed by atoms with Crippen LogP contribution in [0, 0.1) is 25.7 Å². The number of hydrogen-bond acceptors (Lipinski definition) is 5. The minimum atomic E-state index is -0.232. The van der Waals surface area contributed by atoms with E-state index in [1.807, 2.05) is 6.92 Å². The van der Waals surface area contributed by atoms with Crippen molar-refractivity contribution < 1.29 is 9.90 Å². The summed E-state index contributed by atoms with van der Waals surface area (Å²) in [6, 6.07) is 3.55. The average molecular weight is 301 g/mol. The maximum atomic E-state index is 12.2. The molecule has 2 heterocycles. The van der Waals surface area contributed by atoms with E-state index >= 15 is 0 Å². The molecule has 0 bridgehead atoms. The van der Waals surface area contributed by atoms with E-state index in [0.717, 1.165) is 10.6 Å². The molecule has 21 heavy (non-hydrogen) atoms. The first-order valence-electron chi connectivity index (χ1n) is 6.41. The van der Waals surface area contributed by atoms with E-state index in [9.17, 15) is 4.79 Å². The Balaban J connectivity index is 2.08. The number of aliphatic hydroxyl groups excluding tert-OH is 1. The van der Waals surface area contributed by atoms with E-state index < -0.39 is 0 Å². The molecule has 0 unspecified atom stereocenters. The summed E-state index contributed by atoms with van der Waals surface area (Å²) < 4.78 is 0. The van der Waals surface area contributed by atoms with Crippen molar-refractivity contribution >= 4 is 22.4 Å². The molecule has 2 aromatic rings. The number of aryl methyl sites for hydroxylation is 2. The molecule has 0 saturated heterocycles. The highest BCUT2D eigenvalue weighted by Gasteiger charge is 2.12. The molecule has 0 radical (unpaired) electrons. The third-order valence-corrected chi connectivity index (χ3v) is 3.47. The van der Waals surface area contributed by atoms with Crippen LogP contribution < -0.4 is 5.32 Å². The van der Waals surface area contributed by atoms with Crippen LogP contribution in [-0.4, -0.2) is 27.6 Å². The highest BCUT2D eigenvalue weighted by Crippen LogP contribution is 2.18. The number of aromatic nitrogens is 2. The van der Waals surface area contributed by atoms with E-state index in [-0.39, 0.29) is 12.5 Å². The van der Waals surface area contributed by atoms with Gasteiger partial charge >= 0.3 is 0 Å². The summed E-state index contributed by atoms with van der Waals surface area (Å²) in [7, 11) is 0. The van der Waals surface area contributed by atoms with Gasteiger partial charge in [0.25, 0.3) is 5.91 Å². The van der Waals surface area contributed by atoms with Crippen molar-refractivity contribution in [3.63, 3.8) is 0 Å². The first-order chi connectivity index (χ1) is 10.1. The van der Waals surface area contributed by atoms with Crippen LogP contribution in [0.2, 0.25) is 0 Å². The van der Waals surface area contributed by atoms with Crippen molar-refractivity contribution in [2.24, 2.45) is 0 Å². The number of carbonyl (C=O) groups excluding carboxylic acids is 1. The lowest BCUT2D eigenvalue weighted by Gasteiger charge is -2.05. The van der Waals surface area contributed by atoms with E-state index in [1.54, 1.807) is 25.3 Å². The van der Waals surface area contributed by atoms with Crippen molar-refractivity contribution in [2.75, 3.05) is 11.9 Å².